The molecule has 7 N–H and O–H groups in total. The summed E-state index contributed by atoms with van der Waals surface area (Å²) in [6.07, 6.45) is 2.55. The van der Waals surface area contributed by atoms with Crippen LogP contribution in [-0.2, 0) is 24.0 Å². The van der Waals surface area contributed by atoms with E-state index in [1.54, 1.807) is 13.8 Å². The number of anilines is 1. The summed E-state index contributed by atoms with van der Waals surface area (Å²) < 4.78 is 11.3. The molecule has 3 rings (SSSR count). The van der Waals surface area contributed by atoms with Crippen molar-refractivity contribution in [2.24, 2.45) is 5.92 Å². The van der Waals surface area contributed by atoms with E-state index in [2.05, 4.69) is 16.0 Å². The number of hydroxylamine groups is 2. The first-order valence-corrected chi connectivity index (χ1v) is 17.3. The van der Waals surface area contributed by atoms with Crippen LogP contribution in [0.2, 0.25) is 0 Å². The molecular formula is C37H45N5O12. The number of ether oxygens (including phenoxy) is 1. The predicted molar refractivity (Wildman–Crippen MR) is 193 cm³/mol. The first-order chi connectivity index (χ1) is 25.8. The van der Waals surface area contributed by atoms with Crippen LogP contribution in [0.15, 0.2) is 59.0 Å². The van der Waals surface area contributed by atoms with Gasteiger partial charge in [-0.2, -0.15) is 5.06 Å². The highest BCUT2D eigenvalue weighted by molar-refractivity contribution is 6.00. The zero-order valence-electron chi connectivity index (χ0n) is 30.2. The number of nitrogens with zero attached hydrogens (tertiary/aromatic N) is 1. The molecular weight excluding hydrogens is 706 g/mol. The summed E-state index contributed by atoms with van der Waals surface area (Å²) in [5.74, 6) is -6.33. The Morgan fingerprint density at radius 2 is 1.65 bits per heavy atom. The largest absolute Gasteiger partial charge is 0.493 e. The molecule has 0 aliphatic rings. The molecule has 0 saturated heterocycles. The van der Waals surface area contributed by atoms with Crippen molar-refractivity contribution in [3.8, 4) is 17.1 Å². The average molecular weight is 752 g/mol. The number of benzene rings is 2. The van der Waals surface area contributed by atoms with E-state index in [1.165, 1.54) is 54.6 Å². The van der Waals surface area contributed by atoms with E-state index in [0.29, 0.717) is 30.5 Å². The first-order valence-electron chi connectivity index (χ1n) is 17.3. The van der Waals surface area contributed by atoms with Crippen molar-refractivity contribution in [3.63, 3.8) is 0 Å². The fraction of sp³-hybridized carbons (Fsp3) is 0.378. The SMILES string of the molecule is CCCCCC(C(=O)NCNC(=O)c1ccc(-c2ccc(C(=O)NC(CC(=O)O)C(=O)O)c(OCC)c2)o1)C(CC)N(C=O)OC(=O)c1ccc(N)cc1. The molecule has 2 aromatic carbocycles. The second-order valence-corrected chi connectivity index (χ2v) is 12.0. The number of carbonyl (C=O) groups is 7. The van der Waals surface area contributed by atoms with Crippen molar-refractivity contribution in [1.82, 2.24) is 21.0 Å². The average Bonchev–Trinajstić information content (AvgIpc) is 3.64. The van der Waals surface area contributed by atoms with Crippen molar-refractivity contribution >= 4 is 47.7 Å². The summed E-state index contributed by atoms with van der Waals surface area (Å²) in [7, 11) is 0. The molecule has 1 aromatic heterocycles. The molecule has 17 nitrogen and oxygen atoms in total. The number of nitrogens with two attached hydrogens (primary N) is 1. The summed E-state index contributed by atoms with van der Waals surface area (Å²) in [6, 6.07) is 10.7. The quantitative estimate of drug-likeness (QED) is 0.0282. The number of rotatable bonds is 22. The smallest absolute Gasteiger partial charge is 0.363 e. The van der Waals surface area contributed by atoms with Crippen LogP contribution in [0.1, 0.15) is 90.6 Å². The molecule has 0 spiro atoms. The third kappa shape index (κ3) is 11.8. The molecule has 3 unspecified atom stereocenters. The second kappa shape index (κ2) is 20.6. The zero-order chi connectivity index (χ0) is 39.8. The van der Waals surface area contributed by atoms with Crippen LogP contribution in [0.4, 0.5) is 5.69 Å². The third-order valence-corrected chi connectivity index (χ3v) is 8.24. The van der Waals surface area contributed by atoms with Crippen LogP contribution in [0.5, 0.6) is 5.75 Å². The molecule has 0 fully saturated rings. The van der Waals surface area contributed by atoms with Crippen LogP contribution in [0.3, 0.4) is 0 Å². The van der Waals surface area contributed by atoms with Gasteiger partial charge in [0.25, 0.3) is 11.8 Å². The lowest BCUT2D eigenvalue weighted by Crippen LogP contribution is -2.49. The molecule has 0 saturated carbocycles. The van der Waals surface area contributed by atoms with Gasteiger partial charge in [-0.15, -0.1) is 0 Å². The van der Waals surface area contributed by atoms with Crippen LogP contribution in [0, 0.1) is 5.92 Å². The van der Waals surface area contributed by atoms with Crippen molar-refractivity contribution in [2.75, 3.05) is 19.0 Å². The Kier molecular flexibility index (Phi) is 16.0. The molecule has 0 aliphatic carbocycles. The van der Waals surface area contributed by atoms with Crippen LogP contribution < -0.4 is 26.4 Å². The number of carbonyl (C=O) groups excluding carboxylic acids is 5. The minimum atomic E-state index is -1.67. The van der Waals surface area contributed by atoms with Crippen molar-refractivity contribution in [2.45, 2.75) is 71.4 Å². The van der Waals surface area contributed by atoms with Gasteiger partial charge < -0.3 is 45.9 Å². The maximum Gasteiger partial charge on any atom is 0.363 e. The highest BCUT2D eigenvalue weighted by atomic mass is 16.7. The molecule has 17 heteroatoms. The number of aliphatic carboxylic acids is 2. The van der Waals surface area contributed by atoms with Gasteiger partial charge in [0.15, 0.2) is 5.76 Å². The molecule has 1 heterocycles. The van der Waals surface area contributed by atoms with Gasteiger partial charge >= 0.3 is 17.9 Å². The number of carboxylic acids is 2. The zero-order valence-corrected chi connectivity index (χ0v) is 30.2. The van der Waals surface area contributed by atoms with E-state index in [9.17, 15) is 38.7 Å². The third-order valence-electron chi connectivity index (χ3n) is 8.24. The summed E-state index contributed by atoms with van der Waals surface area (Å²) in [4.78, 5) is 92.0. The van der Waals surface area contributed by atoms with E-state index in [0.717, 1.165) is 17.9 Å². The van der Waals surface area contributed by atoms with E-state index >= 15 is 0 Å². The first kappa shape index (κ1) is 42.0. The maximum atomic E-state index is 13.5. The Hall–Kier alpha value is -6.39. The normalized spacial score (nSPS) is 12.4. The summed E-state index contributed by atoms with van der Waals surface area (Å²) in [5, 5.41) is 26.5. The topological polar surface area (TPSA) is 257 Å². The van der Waals surface area contributed by atoms with E-state index in [4.69, 9.17) is 24.8 Å². The fourth-order valence-corrected chi connectivity index (χ4v) is 5.48. The van der Waals surface area contributed by atoms with E-state index in [-0.39, 0.29) is 48.1 Å². The molecule has 290 valence electrons. The van der Waals surface area contributed by atoms with Gasteiger partial charge in [-0.1, -0.05) is 39.2 Å². The Morgan fingerprint density at radius 3 is 2.26 bits per heavy atom. The Bertz CT molecular complexity index is 1790. The summed E-state index contributed by atoms with van der Waals surface area (Å²) >= 11 is 0. The lowest BCUT2D eigenvalue weighted by Gasteiger charge is -2.31. The maximum absolute atomic E-state index is 13.5. The Balaban J connectivity index is 1.69. The standard InChI is InChI=1S/C37H45N5O12/c1-4-7-8-9-25(28(5-2)42(21-43)54-37(51)22-10-13-24(38)14-11-22)33(46)39-20-40-35(48)30-17-16-29(53-30)23-12-15-26(31(18-23)52-6-3)34(47)41-27(36(49)50)19-32(44)45/h10-18,21,25,27-28H,4-9,19-20,38H2,1-3H3,(H,39,46)(H,40,48)(H,41,47)(H,44,45)(H,49,50). The Labute approximate surface area is 311 Å². The monoisotopic (exact) mass is 751 g/mol. The van der Waals surface area contributed by atoms with Gasteiger partial charge in [-0.25, -0.2) is 9.59 Å². The molecule has 0 radical (unpaired) electrons. The molecule has 3 atom stereocenters. The Morgan fingerprint density at radius 1 is 0.926 bits per heavy atom. The van der Waals surface area contributed by atoms with Gasteiger partial charge in [0.05, 0.1) is 42.8 Å². The number of carboxylic acid groups (broad SMARTS) is 2. The minimum Gasteiger partial charge on any atom is -0.493 e. The number of nitrogen functional groups attached to an aromatic ring is 1. The number of nitrogens with one attached hydrogen (secondary N) is 3. The summed E-state index contributed by atoms with van der Waals surface area (Å²) in [6.45, 7) is 5.27. The van der Waals surface area contributed by atoms with Crippen molar-refractivity contribution in [1.29, 1.82) is 0 Å². The molecule has 4 amide bonds. The lowest BCUT2D eigenvalue weighted by atomic mass is 9.90. The van der Waals surface area contributed by atoms with Gasteiger partial charge in [0, 0.05) is 11.3 Å². The predicted octanol–water partition coefficient (Wildman–Crippen LogP) is 3.59. The van der Waals surface area contributed by atoms with Crippen molar-refractivity contribution < 1.29 is 57.8 Å². The van der Waals surface area contributed by atoms with Crippen LogP contribution in [0.25, 0.3) is 11.3 Å². The second-order valence-electron chi connectivity index (χ2n) is 12.0. The number of amides is 4. The summed E-state index contributed by atoms with van der Waals surface area (Å²) in [5.41, 5.74) is 6.66. The van der Waals surface area contributed by atoms with Crippen molar-refractivity contribution in [3.05, 3.63) is 71.5 Å². The lowest BCUT2D eigenvalue weighted by molar-refractivity contribution is -0.171. The molecule has 0 aliphatic heterocycles. The van der Waals surface area contributed by atoms with Gasteiger partial charge in [-0.3, -0.25) is 24.0 Å². The number of unbranched alkanes of at least 4 members (excludes halogenated alkanes) is 2. The van der Waals surface area contributed by atoms with Gasteiger partial charge in [0.1, 0.15) is 17.6 Å². The highest BCUT2D eigenvalue weighted by Crippen LogP contribution is 2.29. The number of furan rings is 1. The number of hydrogen-bond acceptors (Lipinski definition) is 11. The van der Waals surface area contributed by atoms with E-state index < -0.39 is 60.1 Å². The minimum absolute atomic E-state index is 0.0490. The van der Waals surface area contributed by atoms with Crippen LogP contribution in [-0.4, -0.2) is 82.7 Å². The molecule has 0 bridgehead atoms. The highest BCUT2D eigenvalue weighted by Gasteiger charge is 2.34. The fourth-order valence-electron chi connectivity index (χ4n) is 5.48. The van der Waals surface area contributed by atoms with Crippen LogP contribution >= 0.6 is 0 Å². The van der Waals surface area contributed by atoms with Gasteiger partial charge in [0.2, 0.25) is 12.3 Å². The van der Waals surface area contributed by atoms with E-state index in [1.807, 2.05) is 6.92 Å². The number of hydrogen-bond donors (Lipinski definition) is 6. The molecule has 3 aromatic rings. The molecule has 54 heavy (non-hydrogen) atoms. The van der Waals surface area contributed by atoms with Gasteiger partial charge in [-0.05, 0) is 68.3 Å².